The van der Waals surface area contributed by atoms with E-state index in [2.05, 4.69) is 10.1 Å². The molecule has 0 bridgehead atoms. The topological polar surface area (TPSA) is 52.7 Å². The van der Waals surface area contributed by atoms with Crippen LogP contribution in [0.25, 0.3) is 16.8 Å². The average Bonchev–Trinajstić information content (AvgIpc) is 2.87. The zero-order valence-electron chi connectivity index (χ0n) is 10.4. The molecule has 5 heteroatoms. The van der Waals surface area contributed by atoms with Crippen LogP contribution >= 0.6 is 0 Å². The second kappa shape index (κ2) is 4.53. The summed E-state index contributed by atoms with van der Waals surface area (Å²) in [5.74, 6) is 0. The molecular formula is C14H12N4O. The van der Waals surface area contributed by atoms with E-state index < -0.39 is 0 Å². The van der Waals surface area contributed by atoms with Crippen LogP contribution in [0.4, 0.5) is 0 Å². The van der Waals surface area contributed by atoms with Gasteiger partial charge in [0, 0.05) is 36.8 Å². The van der Waals surface area contributed by atoms with E-state index in [0.29, 0.717) is 0 Å². The molecule has 0 radical (unpaired) electrons. The molecule has 0 spiro atoms. The lowest BCUT2D eigenvalue weighted by molar-refractivity contribution is 0.768. The van der Waals surface area contributed by atoms with Crippen molar-refractivity contribution in [3.63, 3.8) is 0 Å². The minimum Gasteiger partial charge on any atom is -0.275 e. The SMILES string of the molecule is Cn1cc(-c2cnc(=O)n(-c3ccccc3)c2)cn1. The Hall–Kier alpha value is -2.69. The van der Waals surface area contributed by atoms with Gasteiger partial charge in [0.1, 0.15) is 0 Å². The number of rotatable bonds is 2. The van der Waals surface area contributed by atoms with Gasteiger partial charge in [-0.25, -0.2) is 9.78 Å². The number of hydrogen-bond donors (Lipinski definition) is 0. The third kappa shape index (κ3) is 2.18. The highest BCUT2D eigenvalue weighted by Gasteiger charge is 2.05. The Morgan fingerprint density at radius 3 is 2.42 bits per heavy atom. The minimum atomic E-state index is -0.293. The number of aromatic nitrogens is 4. The molecular weight excluding hydrogens is 240 g/mol. The van der Waals surface area contributed by atoms with Gasteiger partial charge in [0.15, 0.2) is 0 Å². The summed E-state index contributed by atoms with van der Waals surface area (Å²) in [6, 6.07) is 9.43. The van der Waals surface area contributed by atoms with Gasteiger partial charge in [0.2, 0.25) is 0 Å². The van der Waals surface area contributed by atoms with Gasteiger partial charge in [-0.15, -0.1) is 0 Å². The van der Waals surface area contributed by atoms with Crippen molar-refractivity contribution in [2.24, 2.45) is 7.05 Å². The predicted molar refractivity (Wildman–Crippen MR) is 72.0 cm³/mol. The number of hydrogen-bond acceptors (Lipinski definition) is 3. The summed E-state index contributed by atoms with van der Waals surface area (Å²) in [5.41, 5.74) is 2.29. The highest BCUT2D eigenvalue weighted by Crippen LogP contribution is 2.16. The zero-order chi connectivity index (χ0) is 13.2. The summed E-state index contributed by atoms with van der Waals surface area (Å²) >= 11 is 0. The fourth-order valence-electron chi connectivity index (χ4n) is 1.91. The average molecular weight is 252 g/mol. The van der Waals surface area contributed by atoms with Gasteiger partial charge in [-0.1, -0.05) is 18.2 Å². The standard InChI is InChI=1S/C14H12N4O/c1-17-9-12(8-16-17)11-7-15-14(19)18(10-11)13-5-3-2-4-6-13/h2-10H,1H3. The van der Waals surface area contributed by atoms with E-state index in [0.717, 1.165) is 16.8 Å². The fraction of sp³-hybridized carbons (Fsp3) is 0.0714. The molecule has 0 amide bonds. The summed E-state index contributed by atoms with van der Waals surface area (Å²) in [5, 5.41) is 4.12. The molecule has 0 saturated carbocycles. The fourth-order valence-corrected chi connectivity index (χ4v) is 1.91. The van der Waals surface area contributed by atoms with Gasteiger partial charge >= 0.3 is 5.69 Å². The molecule has 0 aliphatic rings. The molecule has 94 valence electrons. The molecule has 0 unspecified atom stereocenters. The van der Waals surface area contributed by atoms with Crippen molar-refractivity contribution in [2.45, 2.75) is 0 Å². The quantitative estimate of drug-likeness (QED) is 0.696. The van der Waals surface area contributed by atoms with Crippen molar-refractivity contribution >= 4 is 0 Å². The molecule has 2 heterocycles. The van der Waals surface area contributed by atoms with E-state index >= 15 is 0 Å². The maximum atomic E-state index is 11.8. The van der Waals surface area contributed by atoms with E-state index in [1.807, 2.05) is 43.6 Å². The maximum absolute atomic E-state index is 11.8. The van der Waals surface area contributed by atoms with Crippen molar-refractivity contribution in [1.82, 2.24) is 19.3 Å². The molecule has 3 rings (SSSR count). The van der Waals surface area contributed by atoms with Crippen LogP contribution in [-0.4, -0.2) is 19.3 Å². The third-order valence-corrected chi connectivity index (χ3v) is 2.86. The van der Waals surface area contributed by atoms with Gasteiger partial charge in [0.05, 0.1) is 11.9 Å². The van der Waals surface area contributed by atoms with E-state index in [-0.39, 0.29) is 5.69 Å². The van der Waals surface area contributed by atoms with Gasteiger partial charge in [0.25, 0.3) is 0 Å². The Balaban J connectivity index is 2.14. The van der Waals surface area contributed by atoms with Crippen molar-refractivity contribution in [2.75, 3.05) is 0 Å². The predicted octanol–water partition coefficient (Wildman–Crippen LogP) is 1.63. The normalized spacial score (nSPS) is 10.6. The molecule has 19 heavy (non-hydrogen) atoms. The summed E-state index contributed by atoms with van der Waals surface area (Å²) in [6.07, 6.45) is 6.98. The Bertz CT molecular complexity index is 758. The van der Waals surface area contributed by atoms with Crippen LogP contribution in [0.5, 0.6) is 0 Å². The molecule has 0 N–H and O–H groups in total. The molecule has 1 aromatic carbocycles. The van der Waals surface area contributed by atoms with E-state index in [9.17, 15) is 4.79 Å². The lowest BCUT2D eigenvalue weighted by Gasteiger charge is -2.06. The van der Waals surface area contributed by atoms with Crippen molar-refractivity contribution < 1.29 is 0 Å². The Morgan fingerprint density at radius 1 is 1.00 bits per heavy atom. The smallest absolute Gasteiger partial charge is 0.275 e. The molecule has 0 saturated heterocycles. The third-order valence-electron chi connectivity index (χ3n) is 2.86. The molecule has 0 aliphatic carbocycles. The molecule has 5 nitrogen and oxygen atoms in total. The first-order chi connectivity index (χ1) is 9.24. The van der Waals surface area contributed by atoms with Crippen molar-refractivity contribution in [3.8, 4) is 16.8 Å². The number of nitrogens with zero attached hydrogens (tertiary/aromatic N) is 4. The number of aryl methyl sites for hydroxylation is 1. The van der Waals surface area contributed by atoms with Crippen LogP contribution in [0.2, 0.25) is 0 Å². The number of benzene rings is 1. The van der Waals surface area contributed by atoms with Crippen molar-refractivity contribution in [1.29, 1.82) is 0 Å². The van der Waals surface area contributed by atoms with Crippen LogP contribution in [-0.2, 0) is 7.05 Å². The first-order valence-electron chi connectivity index (χ1n) is 5.87. The lowest BCUT2D eigenvalue weighted by Crippen LogP contribution is -2.20. The molecule has 2 aromatic heterocycles. The Kier molecular flexibility index (Phi) is 2.72. The molecule has 3 aromatic rings. The monoisotopic (exact) mass is 252 g/mol. The Morgan fingerprint density at radius 2 is 1.74 bits per heavy atom. The summed E-state index contributed by atoms with van der Waals surface area (Å²) in [7, 11) is 1.85. The van der Waals surface area contributed by atoms with Crippen LogP contribution in [0.15, 0.2) is 59.9 Å². The largest absolute Gasteiger partial charge is 0.352 e. The van der Waals surface area contributed by atoms with Crippen LogP contribution in [0.3, 0.4) is 0 Å². The molecule has 0 fully saturated rings. The molecule has 0 aliphatic heterocycles. The lowest BCUT2D eigenvalue weighted by atomic mass is 10.2. The summed E-state index contributed by atoms with van der Waals surface area (Å²) in [6.45, 7) is 0. The minimum absolute atomic E-state index is 0.293. The first kappa shape index (κ1) is 11.4. The van der Waals surface area contributed by atoms with Gasteiger partial charge in [-0.3, -0.25) is 9.25 Å². The van der Waals surface area contributed by atoms with E-state index in [1.165, 1.54) is 4.57 Å². The summed E-state index contributed by atoms with van der Waals surface area (Å²) in [4.78, 5) is 15.8. The van der Waals surface area contributed by atoms with Crippen LogP contribution in [0.1, 0.15) is 0 Å². The van der Waals surface area contributed by atoms with Crippen molar-refractivity contribution in [3.05, 3.63) is 65.6 Å². The number of para-hydroxylation sites is 1. The van der Waals surface area contributed by atoms with Crippen LogP contribution < -0.4 is 5.69 Å². The van der Waals surface area contributed by atoms with E-state index in [4.69, 9.17) is 0 Å². The second-order valence-electron chi connectivity index (χ2n) is 4.23. The van der Waals surface area contributed by atoms with Crippen LogP contribution in [0, 0.1) is 0 Å². The first-order valence-corrected chi connectivity index (χ1v) is 5.87. The van der Waals surface area contributed by atoms with Gasteiger partial charge < -0.3 is 0 Å². The molecule has 0 atom stereocenters. The highest BCUT2D eigenvalue weighted by molar-refractivity contribution is 5.59. The maximum Gasteiger partial charge on any atom is 0.352 e. The van der Waals surface area contributed by atoms with Gasteiger partial charge in [-0.2, -0.15) is 5.10 Å². The van der Waals surface area contributed by atoms with Gasteiger partial charge in [-0.05, 0) is 12.1 Å². The summed E-state index contributed by atoms with van der Waals surface area (Å²) < 4.78 is 3.25. The Labute approximate surface area is 109 Å². The highest BCUT2D eigenvalue weighted by atomic mass is 16.1. The zero-order valence-corrected chi connectivity index (χ0v) is 10.4. The van der Waals surface area contributed by atoms with E-state index in [1.54, 1.807) is 23.3 Å². The second-order valence-corrected chi connectivity index (χ2v) is 4.23.